The molecule has 0 bridgehead atoms. The predicted octanol–water partition coefficient (Wildman–Crippen LogP) is 3.80. The van der Waals surface area contributed by atoms with Gasteiger partial charge in [0.2, 0.25) is 0 Å². The van der Waals surface area contributed by atoms with Crippen molar-refractivity contribution in [1.82, 2.24) is 9.91 Å². The van der Waals surface area contributed by atoms with E-state index in [9.17, 15) is 0 Å². The maximum absolute atomic E-state index is 5.99. The molecule has 0 spiro atoms. The highest BCUT2D eigenvalue weighted by atomic mass is 35.5. The molecular weight excluding hydrogens is 306 g/mol. The molecule has 1 heterocycles. The summed E-state index contributed by atoms with van der Waals surface area (Å²) in [5.41, 5.74) is 3.74. The molecule has 0 aromatic heterocycles. The number of piperazine rings is 1. The van der Waals surface area contributed by atoms with Crippen molar-refractivity contribution in [2.24, 2.45) is 5.10 Å². The molecule has 120 valence electrons. The highest BCUT2D eigenvalue weighted by Gasteiger charge is 2.15. The van der Waals surface area contributed by atoms with Crippen LogP contribution in [-0.4, -0.2) is 42.3 Å². The van der Waals surface area contributed by atoms with E-state index in [1.807, 2.05) is 30.5 Å². The number of benzene rings is 2. The average Bonchev–Trinajstić information content (AvgIpc) is 2.56. The van der Waals surface area contributed by atoms with Gasteiger partial charge in [-0.2, -0.15) is 5.10 Å². The van der Waals surface area contributed by atoms with E-state index in [-0.39, 0.29) is 0 Å². The van der Waals surface area contributed by atoms with Crippen molar-refractivity contribution in [1.29, 1.82) is 0 Å². The minimum atomic E-state index is 0.747. The van der Waals surface area contributed by atoms with Gasteiger partial charge in [0, 0.05) is 37.7 Å². The number of halogens is 1. The van der Waals surface area contributed by atoms with E-state index in [1.54, 1.807) is 0 Å². The number of rotatable bonds is 4. The zero-order valence-electron chi connectivity index (χ0n) is 13.5. The van der Waals surface area contributed by atoms with Gasteiger partial charge >= 0.3 is 0 Å². The Balaban J connectivity index is 1.49. The van der Waals surface area contributed by atoms with Gasteiger partial charge in [0.15, 0.2) is 0 Å². The van der Waals surface area contributed by atoms with Crippen molar-refractivity contribution in [3.8, 4) is 0 Å². The molecule has 0 aliphatic carbocycles. The number of hydrogen-bond donors (Lipinski definition) is 0. The lowest BCUT2D eigenvalue weighted by Crippen LogP contribution is -2.43. The fourth-order valence-electron chi connectivity index (χ4n) is 2.70. The lowest BCUT2D eigenvalue weighted by molar-refractivity contribution is 0.131. The van der Waals surface area contributed by atoms with Gasteiger partial charge in [-0.15, -0.1) is 0 Å². The predicted molar refractivity (Wildman–Crippen MR) is 97.1 cm³/mol. The highest BCUT2D eigenvalue weighted by molar-refractivity contribution is 6.30. The van der Waals surface area contributed by atoms with Gasteiger partial charge in [0.1, 0.15) is 0 Å². The van der Waals surface area contributed by atoms with Crippen LogP contribution >= 0.6 is 11.6 Å². The molecule has 0 N–H and O–H groups in total. The molecule has 0 unspecified atom stereocenters. The monoisotopic (exact) mass is 327 g/mol. The second-order valence-electron chi connectivity index (χ2n) is 6.01. The summed E-state index contributed by atoms with van der Waals surface area (Å²) in [4.78, 5) is 2.48. The molecule has 0 saturated carbocycles. The van der Waals surface area contributed by atoms with Crippen LogP contribution in [-0.2, 0) is 6.54 Å². The zero-order valence-corrected chi connectivity index (χ0v) is 14.2. The SMILES string of the molecule is Cc1ccc(CN2CCN(N=Cc3cccc(Cl)c3)CC2)cc1. The topological polar surface area (TPSA) is 18.8 Å². The summed E-state index contributed by atoms with van der Waals surface area (Å²) in [6, 6.07) is 16.6. The Bertz CT molecular complexity index is 659. The Morgan fingerprint density at radius 1 is 1.04 bits per heavy atom. The van der Waals surface area contributed by atoms with Gasteiger partial charge in [-0.05, 0) is 30.2 Å². The van der Waals surface area contributed by atoms with E-state index >= 15 is 0 Å². The standard InChI is InChI=1S/C19H22ClN3/c1-16-5-7-17(8-6-16)15-22-9-11-23(12-10-22)21-14-18-3-2-4-19(20)13-18/h2-8,13-14H,9-12,15H2,1H3. The summed E-state index contributed by atoms with van der Waals surface area (Å²) in [6.07, 6.45) is 1.89. The van der Waals surface area contributed by atoms with Crippen molar-refractivity contribution in [2.45, 2.75) is 13.5 Å². The molecule has 0 radical (unpaired) electrons. The second kappa shape index (κ2) is 7.62. The average molecular weight is 328 g/mol. The van der Waals surface area contributed by atoms with Crippen LogP contribution in [0.25, 0.3) is 0 Å². The summed E-state index contributed by atoms with van der Waals surface area (Å²) in [5, 5.41) is 7.45. The molecule has 1 fully saturated rings. The van der Waals surface area contributed by atoms with Crippen LogP contribution in [0.5, 0.6) is 0 Å². The lowest BCUT2D eigenvalue weighted by Gasteiger charge is -2.33. The smallest absolute Gasteiger partial charge is 0.0543 e. The summed E-state index contributed by atoms with van der Waals surface area (Å²) in [7, 11) is 0. The zero-order chi connectivity index (χ0) is 16.1. The highest BCUT2D eigenvalue weighted by Crippen LogP contribution is 2.11. The van der Waals surface area contributed by atoms with E-state index in [2.05, 4.69) is 46.2 Å². The van der Waals surface area contributed by atoms with Crippen LogP contribution in [0.3, 0.4) is 0 Å². The molecule has 4 heteroatoms. The van der Waals surface area contributed by atoms with E-state index in [0.717, 1.165) is 43.3 Å². The number of hydrogen-bond acceptors (Lipinski definition) is 3. The molecule has 1 aliphatic rings. The van der Waals surface area contributed by atoms with Crippen molar-refractivity contribution in [3.63, 3.8) is 0 Å². The van der Waals surface area contributed by atoms with Crippen molar-refractivity contribution in [2.75, 3.05) is 26.2 Å². The maximum atomic E-state index is 5.99. The summed E-state index contributed by atoms with van der Waals surface area (Å²) in [6.45, 7) is 7.15. The van der Waals surface area contributed by atoms with Gasteiger partial charge in [-0.25, -0.2) is 0 Å². The van der Waals surface area contributed by atoms with Crippen LogP contribution < -0.4 is 0 Å². The van der Waals surface area contributed by atoms with Crippen LogP contribution in [0.2, 0.25) is 5.02 Å². The molecule has 2 aromatic rings. The number of nitrogens with zero attached hydrogens (tertiary/aromatic N) is 3. The van der Waals surface area contributed by atoms with Crippen molar-refractivity contribution >= 4 is 17.8 Å². The molecule has 0 amide bonds. The number of aryl methyl sites for hydroxylation is 1. The molecule has 1 aliphatic heterocycles. The van der Waals surface area contributed by atoms with Crippen LogP contribution in [0.4, 0.5) is 0 Å². The molecule has 3 rings (SSSR count). The van der Waals surface area contributed by atoms with Crippen LogP contribution in [0, 0.1) is 6.92 Å². The fraction of sp³-hybridized carbons (Fsp3) is 0.316. The lowest BCUT2D eigenvalue weighted by atomic mass is 10.1. The third kappa shape index (κ3) is 4.81. The minimum Gasteiger partial charge on any atom is -0.295 e. The Kier molecular flexibility index (Phi) is 5.31. The third-order valence-corrected chi connectivity index (χ3v) is 4.33. The number of hydrazone groups is 1. The summed E-state index contributed by atoms with van der Waals surface area (Å²) < 4.78 is 0. The first kappa shape index (κ1) is 16.0. The Labute approximate surface area is 143 Å². The van der Waals surface area contributed by atoms with E-state index in [1.165, 1.54) is 11.1 Å². The van der Waals surface area contributed by atoms with Crippen molar-refractivity contribution < 1.29 is 0 Å². The van der Waals surface area contributed by atoms with Gasteiger partial charge in [0.05, 0.1) is 6.21 Å². The van der Waals surface area contributed by atoms with Crippen molar-refractivity contribution in [3.05, 3.63) is 70.2 Å². The second-order valence-corrected chi connectivity index (χ2v) is 6.45. The summed E-state index contributed by atoms with van der Waals surface area (Å²) in [5.74, 6) is 0. The van der Waals surface area contributed by atoms with Gasteiger partial charge in [-0.1, -0.05) is 53.6 Å². The Hall–Kier alpha value is -1.84. The van der Waals surface area contributed by atoms with Gasteiger partial charge < -0.3 is 0 Å². The third-order valence-electron chi connectivity index (χ3n) is 4.09. The van der Waals surface area contributed by atoms with E-state index in [4.69, 9.17) is 11.6 Å². The molecule has 3 nitrogen and oxygen atoms in total. The first-order valence-corrected chi connectivity index (χ1v) is 8.39. The van der Waals surface area contributed by atoms with E-state index in [0.29, 0.717) is 0 Å². The van der Waals surface area contributed by atoms with Gasteiger partial charge in [0.25, 0.3) is 0 Å². The first-order valence-electron chi connectivity index (χ1n) is 8.01. The van der Waals surface area contributed by atoms with Gasteiger partial charge in [-0.3, -0.25) is 9.91 Å². The fourth-order valence-corrected chi connectivity index (χ4v) is 2.90. The Morgan fingerprint density at radius 3 is 2.48 bits per heavy atom. The molecule has 1 saturated heterocycles. The Morgan fingerprint density at radius 2 is 1.78 bits per heavy atom. The maximum Gasteiger partial charge on any atom is 0.0543 e. The minimum absolute atomic E-state index is 0.747. The molecule has 2 aromatic carbocycles. The first-order chi connectivity index (χ1) is 11.2. The molecule has 23 heavy (non-hydrogen) atoms. The normalized spacial score (nSPS) is 16.2. The molecular formula is C19H22ClN3. The van der Waals surface area contributed by atoms with Crippen LogP contribution in [0.1, 0.15) is 16.7 Å². The van der Waals surface area contributed by atoms with Crippen LogP contribution in [0.15, 0.2) is 53.6 Å². The largest absolute Gasteiger partial charge is 0.295 e. The molecule has 0 atom stereocenters. The van der Waals surface area contributed by atoms with E-state index < -0.39 is 0 Å². The quantitative estimate of drug-likeness (QED) is 0.795. The summed E-state index contributed by atoms with van der Waals surface area (Å²) >= 11 is 5.99.